The minimum atomic E-state index is 1.02. The molecule has 0 unspecified atom stereocenters. The van der Waals surface area contributed by atoms with Crippen LogP contribution in [0, 0.1) is 6.92 Å². The Kier molecular flexibility index (Phi) is 5.96. The van der Waals surface area contributed by atoms with Crippen molar-refractivity contribution in [2.45, 2.75) is 52.4 Å². The van der Waals surface area contributed by atoms with E-state index in [1.165, 1.54) is 60.9 Å². The number of rotatable bonds is 2. The quantitative estimate of drug-likeness (QED) is 0.199. The van der Waals surface area contributed by atoms with E-state index in [0.717, 1.165) is 66.9 Å². The average Bonchev–Trinajstić information content (AvgIpc) is 3.27. The van der Waals surface area contributed by atoms with Gasteiger partial charge in [0.05, 0.1) is 11.4 Å². The molecule has 3 aliphatic rings. The van der Waals surface area contributed by atoms with E-state index in [1.54, 1.807) is 0 Å². The van der Waals surface area contributed by atoms with Crippen LogP contribution in [0.2, 0.25) is 0 Å². The number of fused-ring (bicyclic) bond motifs is 7. The highest BCUT2D eigenvalue weighted by molar-refractivity contribution is 6.19. The summed E-state index contributed by atoms with van der Waals surface area (Å²) in [5.41, 5.74) is 17.4. The van der Waals surface area contributed by atoms with Gasteiger partial charge < -0.3 is 4.48 Å². The lowest BCUT2D eigenvalue weighted by molar-refractivity contribution is 0.831. The molecule has 2 aliphatic carbocycles. The van der Waals surface area contributed by atoms with Crippen molar-refractivity contribution in [1.29, 1.82) is 0 Å². The van der Waals surface area contributed by atoms with Gasteiger partial charge in [0, 0.05) is 28.1 Å². The summed E-state index contributed by atoms with van der Waals surface area (Å²) in [5.74, 6) is 0. The van der Waals surface area contributed by atoms with Crippen molar-refractivity contribution >= 4 is 30.0 Å². The largest absolute Gasteiger partial charge is 0.396 e. The Morgan fingerprint density at radius 1 is 0.714 bits per heavy atom. The van der Waals surface area contributed by atoms with Gasteiger partial charge in [-0.3, -0.25) is 0 Å². The molecule has 2 radical (unpaired) electrons. The molecular weight excluding hydrogens is 507 g/mol. The van der Waals surface area contributed by atoms with Gasteiger partial charge in [-0.1, -0.05) is 91.0 Å². The third-order valence-electron chi connectivity index (χ3n) is 9.72. The maximum Gasteiger partial charge on any atom is 0.234 e. The van der Waals surface area contributed by atoms with Gasteiger partial charge in [-0.2, -0.15) is 0 Å². The van der Waals surface area contributed by atoms with Gasteiger partial charge in [0.25, 0.3) is 0 Å². The Morgan fingerprint density at radius 3 is 2.21 bits per heavy atom. The van der Waals surface area contributed by atoms with Crippen molar-refractivity contribution < 1.29 is 0 Å². The van der Waals surface area contributed by atoms with E-state index in [-0.39, 0.29) is 0 Å². The van der Waals surface area contributed by atoms with Crippen LogP contribution in [0.5, 0.6) is 0 Å². The minimum absolute atomic E-state index is 1.02. The average molecular weight is 541 g/mol. The van der Waals surface area contributed by atoms with E-state index in [4.69, 9.17) is 13.0 Å². The van der Waals surface area contributed by atoms with E-state index in [1.807, 2.05) is 4.48 Å². The molecule has 2 nitrogen and oxygen atoms in total. The molecule has 0 spiro atoms. The van der Waals surface area contributed by atoms with E-state index < -0.39 is 0 Å². The summed E-state index contributed by atoms with van der Waals surface area (Å²) < 4.78 is 2.00. The lowest BCUT2D eigenvalue weighted by Crippen LogP contribution is -2.06. The third-order valence-corrected chi connectivity index (χ3v) is 9.72. The number of allylic oxidation sites excluding steroid dienone is 2. The topological polar surface area (TPSA) is 17.3 Å². The summed E-state index contributed by atoms with van der Waals surface area (Å²) in [7, 11) is 7.27. The van der Waals surface area contributed by atoms with Gasteiger partial charge >= 0.3 is 0 Å². The maximum atomic E-state index is 7.27. The summed E-state index contributed by atoms with van der Waals surface area (Å²) in [4.78, 5) is 5.56. The summed E-state index contributed by atoms with van der Waals surface area (Å²) in [6, 6.07) is 33.0. The molecule has 0 amide bonds. The molecule has 0 saturated heterocycles. The lowest BCUT2D eigenvalue weighted by Gasteiger charge is -2.19. The molecule has 0 atom stereocenters. The molecule has 0 fully saturated rings. The summed E-state index contributed by atoms with van der Waals surface area (Å²) in [6.07, 6.45) is 6.49. The van der Waals surface area contributed by atoms with Crippen LogP contribution in [-0.2, 0) is 19.3 Å². The maximum absolute atomic E-state index is 7.27. The highest BCUT2D eigenvalue weighted by atomic mass is 14.9. The van der Waals surface area contributed by atoms with Crippen molar-refractivity contribution in [3.8, 4) is 11.3 Å². The molecule has 8 rings (SSSR count). The fourth-order valence-electron chi connectivity index (χ4n) is 7.68. The Hall–Kier alpha value is -4.37. The summed E-state index contributed by atoms with van der Waals surface area (Å²) in [6.45, 7) is 4.55. The van der Waals surface area contributed by atoms with Crippen LogP contribution < -0.4 is 0 Å². The fraction of sp³-hybridized carbons (Fsp3) is 0.205. The Labute approximate surface area is 249 Å². The van der Waals surface area contributed by atoms with Gasteiger partial charge in [0.2, 0.25) is 7.98 Å². The second-order valence-corrected chi connectivity index (χ2v) is 12.0. The normalized spacial score (nSPS) is 17.1. The smallest absolute Gasteiger partial charge is 0.234 e. The molecule has 1 aliphatic heterocycles. The molecule has 4 aromatic carbocycles. The zero-order chi connectivity index (χ0) is 28.4. The lowest BCUT2D eigenvalue weighted by atomic mass is 9.89. The first-order valence-corrected chi connectivity index (χ1v) is 15.3. The van der Waals surface area contributed by atoms with Gasteiger partial charge in [-0.25, -0.2) is 4.99 Å². The number of hydrogen-bond donors (Lipinski definition) is 0. The van der Waals surface area contributed by atoms with Crippen LogP contribution in [0.15, 0.2) is 113 Å². The molecule has 5 aromatic rings. The molecule has 0 saturated carbocycles. The number of nitrogens with zero attached hydrogens (tertiary/aromatic N) is 2. The minimum Gasteiger partial charge on any atom is -0.396 e. The van der Waals surface area contributed by atoms with Crippen molar-refractivity contribution in [3.63, 3.8) is 0 Å². The molecule has 2 heterocycles. The zero-order valence-corrected chi connectivity index (χ0v) is 24.4. The molecule has 0 N–H and O–H groups in total. The monoisotopic (exact) mass is 540 g/mol. The number of benzene rings is 4. The van der Waals surface area contributed by atoms with Crippen LogP contribution in [0.3, 0.4) is 0 Å². The Morgan fingerprint density at radius 2 is 1.38 bits per heavy atom. The standard InChI is InChI=1S/C39H33BN2/c1-24-29-21-9-16-27-13-4-7-19-32(27)37(29)41-36(24)35(34-23-11-15-26-12-3-6-18-31(26)34)38-25(2)30-22-10-17-28-14-5-8-20-33(28)39(30)42(38)40/h3-8,11-15,18-20,23H,9-10,16-17,21-22H2,1-2H3/b36-35-. The highest BCUT2D eigenvalue weighted by Gasteiger charge is 2.32. The number of aryl methyl sites for hydroxylation is 2. The second kappa shape index (κ2) is 9.88. The summed E-state index contributed by atoms with van der Waals surface area (Å²) >= 11 is 0. The number of hydrogen-bond acceptors (Lipinski definition) is 1. The molecule has 0 bridgehead atoms. The predicted octanol–water partition coefficient (Wildman–Crippen LogP) is 8.95. The van der Waals surface area contributed by atoms with Crippen molar-refractivity contribution in [2.24, 2.45) is 4.99 Å². The van der Waals surface area contributed by atoms with Crippen LogP contribution in [0.25, 0.3) is 27.6 Å². The Bertz CT molecular complexity index is 2010. The zero-order valence-electron chi connectivity index (χ0n) is 24.4. The third kappa shape index (κ3) is 3.76. The number of aromatic nitrogens is 1. The van der Waals surface area contributed by atoms with Gasteiger partial charge in [0.1, 0.15) is 0 Å². The molecule has 1 aromatic heterocycles. The van der Waals surface area contributed by atoms with Crippen molar-refractivity contribution in [1.82, 2.24) is 4.48 Å². The first-order chi connectivity index (χ1) is 20.6. The van der Waals surface area contributed by atoms with Gasteiger partial charge in [-0.15, -0.1) is 0 Å². The van der Waals surface area contributed by atoms with Crippen LogP contribution >= 0.6 is 0 Å². The van der Waals surface area contributed by atoms with Crippen molar-refractivity contribution in [2.75, 3.05) is 0 Å². The Balaban J connectivity index is 1.49. The fourth-order valence-corrected chi connectivity index (χ4v) is 7.68. The molecule has 42 heavy (non-hydrogen) atoms. The van der Waals surface area contributed by atoms with E-state index >= 15 is 0 Å². The molecule has 3 heteroatoms. The number of aliphatic imine (C=N–C) groups is 1. The SMILES string of the molecule is [B]n1c(/C(=C2\N=C3C(=C2C)CCCc2ccccc23)c2cccc3ccccc23)c(C)c2c1-c1ccccc1CCC2. The molecule has 202 valence electrons. The van der Waals surface area contributed by atoms with Crippen LogP contribution in [-0.4, -0.2) is 18.2 Å². The van der Waals surface area contributed by atoms with Crippen LogP contribution in [0.4, 0.5) is 0 Å². The highest BCUT2D eigenvalue weighted by Crippen LogP contribution is 2.46. The first kappa shape index (κ1) is 25.4. The van der Waals surface area contributed by atoms with Crippen molar-refractivity contribution in [3.05, 3.63) is 147 Å². The second-order valence-electron chi connectivity index (χ2n) is 12.0. The van der Waals surface area contributed by atoms with E-state index in [9.17, 15) is 0 Å². The van der Waals surface area contributed by atoms with Gasteiger partial charge in [-0.05, 0) is 102 Å². The predicted molar refractivity (Wildman–Crippen MR) is 176 cm³/mol. The van der Waals surface area contributed by atoms with Gasteiger partial charge in [0.15, 0.2) is 0 Å². The van der Waals surface area contributed by atoms with E-state index in [2.05, 4.69) is 105 Å². The summed E-state index contributed by atoms with van der Waals surface area (Å²) in [5, 5.41) is 2.45. The first-order valence-electron chi connectivity index (χ1n) is 15.3. The molecular formula is C39H33BN2. The van der Waals surface area contributed by atoms with E-state index in [0.29, 0.717) is 0 Å². The van der Waals surface area contributed by atoms with Crippen LogP contribution in [0.1, 0.15) is 65.3 Å².